The van der Waals surface area contributed by atoms with Crippen LogP contribution >= 0.6 is 11.6 Å². The van der Waals surface area contributed by atoms with E-state index < -0.39 is 5.82 Å². The summed E-state index contributed by atoms with van der Waals surface area (Å²) in [4.78, 5) is 11.7. The Morgan fingerprint density at radius 2 is 2.10 bits per heavy atom. The van der Waals surface area contributed by atoms with E-state index in [1.54, 1.807) is 24.3 Å². The number of hydrogen-bond donors (Lipinski definition) is 2. The fraction of sp³-hybridized carbons (Fsp3) is 0.0714. The summed E-state index contributed by atoms with van der Waals surface area (Å²) in [5.74, 6) is -0.416. The summed E-state index contributed by atoms with van der Waals surface area (Å²) < 4.78 is 18.2. The minimum atomic E-state index is -0.529. The molecule has 0 radical (unpaired) electrons. The molecule has 6 heteroatoms. The summed E-state index contributed by atoms with van der Waals surface area (Å²) in [6, 6.07) is 10.7. The number of nitrogens with one attached hydrogen (secondary N) is 1. The van der Waals surface area contributed by atoms with Gasteiger partial charge in [-0.2, -0.15) is 0 Å². The third kappa shape index (κ3) is 3.86. The zero-order valence-corrected chi connectivity index (χ0v) is 11.2. The monoisotopic (exact) mass is 294 g/mol. The van der Waals surface area contributed by atoms with Gasteiger partial charge >= 0.3 is 0 Å². The van der Waals surface area contributed by atoms with Crippen molar-refractivity contribution in [3.05, 3.63) is 53.3 Å². The highest BCUT2D eigenvalue weighted by Gasteiger charge is 2.06. The Morgan fingerprint density at radius 1 is 1.30 bits per heavy atom. The number of carbonyl (C=O) groups excluding carboxylic acids is 1. The third-order valence-electron chi connectivity index (χ3n) is 2.45. The highest BCUT2D eigenvalue weighted by molar-refractivity contribution is 6.30. The average Bonchev–Trinajstić information content (AvgIpc) is 2.41. The van der Waals surface area contributed by atoms with Crippen molar-refractivity contribution in [3.63, 3.8) is 0 Å². The van der Waals surface area contributed by atoms with Crippen LogP contribution in [0, 0.1) is 5.82 Å². The van der Waals surface area contributed by atoms with Crippen LogP contribution in [0.4, 0.5) is 15.8 Å². The normalized spacial score (nSPS) is 10.1. The molecule has 0 bridgehead atoms. The molecular formula is C14H12ClFN2O2. The smallest absolute Gasteiger partial charge is 0.262 e. The molecule has 1 amide bonds. The zero-order chi connectivity index (χ0) is 14.5. The topological polar surface area (TPSA) is 64.3 Å². The van der Waals surface area contributed by atoms with Gasteiger partial charge in [0.2, 0.25) is 0 Å². The van der Waals surface area contributed by atoms with Crippen molar-refractivity contribution >= 4 is 28.9 Å². The van der Waals surface area contributed by atoms with E-state index in [9.17, 15) is 9.18 Å². The van der Waals surface area contributed by atoms with Crippen molar-refractivity contribution in [1.82, 2.24) is 0 Å². The third-order valence-corrected chi connectivity index (χ3v) is 2.68. The number of nitrogen functional groups attached to an aromatic ring is 1. The number of anilines is 2. The number of hydrogen-bond acceptors (Lipinski definition) is 3. The molecule has 0 aromatic heterocycles. The lowest BCUT2D eigenvalue weighted by molar-refractivity contribution is -0.118. The molecule has 0 aliphatic heterocycles. The largest absolute Gasteiger partial charge is 0.484 e. The van der Waals surface area contributed by atoms with E-state index in [1.807, 2.05) is 0 Å². The number of carbonyl (C=O) groups is 1. The molecule has 2 rings (SSSR count). The van der Waals surface area contributed by atoms with Crippen LogP contribution < -0.4 is 15.8 Å². The Hall–Kier alpha value is -2.27. The number of halogens is 2. The zero-order valence-electron chi connectivity index (χ0n) is 10.4. The fourth-order valence-electron chi connectivity index (χ4n) is 1.52. The Morgan fingerprint density at radius 3 is 2.80 bits per heavy atom. The van der Waals surface area contributed by atoms with Gasteiger partial charge in [-0.05, 0) is 36.4 Å². The number of nitrogens with two attached hydrogens (primary N) is 1. The molecule has 0 fully saturated rings. The number of amides is 1. The highest BCUT2D eigenvalue weighted by atomic mass is 35.5. The van der Waals surface area contributed by atoms with Gasteiger partial charge in [0, 0.05) is 10.7 Å². The van der Waals surface area contributed by atoms with Crippen LogP contribution in [-0.4, -0.2) is 12.5 Å². The van der Waals surface area contributed by atoms with Gasteiger partial charge in [-0.15, -0.1) is 0 Å². The van der Waals surface area contributed by atoms with Gasteiger partial charge in [-0.1, -0.05) is 17.7 Å². The second-order valence-corrected chi connectivity index (χ2v) is 4.47. The molecule has 4 nitrogen and oxygen atoms in total. The quantitative estimate of drug-likeness (QED) is 0.852. The summed E-state index contributed by atoms with van der Waals surface area (Å²) in [6.07, 6.45) is 0. The molecule has 0 saturated carbocycles. The van der Waals surface area contributed by atoms with Crippen molar-refractivity contribution in [2.75, 3.05) is 17.7 Å². The first kappa shape index (κ1) is 14.1. The molecule has 2 aromatic carbocycles. The molecule has 0 unspecified atom stereocenters. The maximum absolute atomic E-state index is 13.0. The molecule has 104 valence electrons. The minimum Gasteiger partial charge on any atom is -0.484 e. The van der Waals surface area contributed by atoms with Crippen molar-refractivity contribution in [2.24, 2.45) is 0 Å². The van der Waals surface area contributed by atoms with Gasteiger partial charge in [0.05, 0.1) is 5.69 Å². The Labute approximate surface area is 120 Å². The molecule has 0 spiro atoms. The predicted octanol–water partition coefficient (Wildman–Crippen LogP) is 3.08. The van der Waals surface area contributed by atoms with E-state index in [1.165, 1.54) is 18.2 Å². The first-order chi connectivity index (χ1) is 9.54. The van der Waals surface area contributed by atoms with Crippen LogP contribution in [0.5, 0.6) is 5.75 Å². The van der Waals surface area contributed by atoms with Crippen LogP contribution in [0.1, 0.15) is 0 Å². The van der Waals surface area contributed by atoms with Crippen molar-refractivity contribution < 1.29 is 13.9 Å². The Kier molecular flexibility index (Phi) is 4.42. The molecule has 2 aromatic rings. The second kappa shape index (κ2) is 6.25. The maximum atomic E-state index is 13.0. The lowest BCUT2D eigenvalue weighted by Gasteiger charge is -2.08. The van der Waals surface area contributed by atoms with Gasteiger partial charge in [-0.3, -0.25) is 4.79 Å². The van der Waals surface area contributed by atoms with Crippen LogP contribution in [0.2, 0.25) is 5.02 Å². The van der Waals surface area contributed by atoms with Crippen molar-refractivity contribution in [2.45, 2.75) is 0 Å². The van der Waals surface area contributed by atoms with Crippen LogP contribution in [0.25, 0.3) is 0 Å². The predicted molar refractivity (Wildman–Crippen MR) is 76.4 cm³/mol. The molecule has 20 heavy (non-hydrogen) atoms. The van der Waals surface area contributed by atoms with E-state index >= 15 is 0 Å². The highest BCUT2D eigenvalue weighted by Crippen LogP contribution is 2.18. The molecule has 3 N–H and O–H groups in total. The average molecular weight is 295 g/mol. The van der Waals surface area contributed by atoms with E-state index in [2.05, 4.69) is 5.32 Å². The Balaban J connectivity index is 1.91. The summed E-state index contributed by atoms with van der Waals surface area (Å²) in [6.45, 7) is -0.183. The first-order valence-electron chi connectivity index (χ1n) is 5.78. The molecule has 0 aliphatic rings. The lowest BCUT2D eigenvalue weighted by Crippen LogP contribution is -2.20. The van der Waals surface area contributed by atoms with Gasteiger partial charge in [-0.25, -0.2) is 4.39 Å². The van der Waals surface area contributed by atoms with Crippen molar-refractivity contribution in [3.8, 4) is 5.75 Å². The standard InChI is InChI=1S/C14H12ClFN2O2/c15-9-2-1-3-11(6-9)20-8-14(19)18-10-4-5-12(16)13(17)7-10/h1-7H,8,17H2,(H,18,19). The fourth-order valence-corrected chi connectivity index (χ4v) is 1.70. The van der Waals surface area contributed by atoms with Crippen LogP contribution in [0.3, 0.4) is 0 Å². The summed E-state index contributed by atoms with van der Waals surface area (Å²) in [5, 5.41) is 3.07. The number of benzene rings is 2. The summed E-state index contributed by atoms with van der Waals surface area (Å²) in [5.41, 5.74) is 5.78. The lowest BCUT2D eigenvalue weighted by atomic mass is 10.2. The first-order valence-corrected chi connectivity index (χ1v) is 6.15. The summed E-state index contributed by atoms with van der Waals surface area (Å²) >= 11 is 5.79. The molecular weight excluding hydrogens is 283 g/mol. The van der Waals surface area contributed by atoms with Gasteiger partial charge in [0.25, 0.3) is 5.91 Å². The van der Waals surface area contributed by atoms with E-state index in [0.29, 0.717) is 16.5 Å². The van der Waals surface area contributed by atoms with Crippen molar-refractivity contribution in [1.29, 1.82) is 0 Å². The molecule has 0 saturated heterocycles. The summed E-state index contributed by atoms with van der Waals surface area (Å²) in [7, 11) is 0. The van der Waals surface area contributed by atoms with E-state index in [0.717, 1.165) is 0 Å². The molecule has 0 heterocycles. The second-order valence-electron chi connectivity index (χ2n) is 4.03. The number of rotatable bonds is 4. The van der Waals surface area contributed by atoms with Crippen LogP contribution in [0.15, 0.2) is 42.5 Å². The molecule has 0 atom stereocenters. The van der Waals surface area contributed by atoms with E-state index in [4.69, 9.17) is 22.1 Å². The van der Waals surface area contributed by atoms with Gasteiger partial charge < -0.3 is 15.8 Å². The van der Waals surface area contributed by atoms with Crippen LogP contribution in [-0.2, 0) is 4.79 Å². The van der Waals surface area contributed by atoms with Gasteiger partial charge in [0.15, 0.2) is 6.61 Å². The minimum absolute atomic E-state index is 0.0291. The Bertz CT molecular complexity index is 634. The number of ether oxygens (including phenoxy) is 1. The SMILES string of the molecule is Nc1cc(NC(=O)COc2cccc(Cl)c2)ccc1F. The maximum Gasteiger partial charge on any atom is 0.262 e. The van der Waals surface area contributed by atoms with E-state index in [-0.39, 0.29) is 18.2 Å². The molecule has 0 aliphatic carbocycles. The van der Waals surface area contributed by atoms with Gasteiger partial charge in [0.1, 0.15) is 11.6 Å².